The summed E-state index contributed by atoms with van der Waals surface area (Å²) in [7, 11) is 3.54. The van der Waals surface area contributed by atoms with Gasteiger partial charge >= 0.3 is 6.03 Å². The van der Waals surface area contributed by atoms with Gasteiger partial charge in [0.05, 0.1) is 47.7 Å². The quantitative estimate of drug-likeness (QED) is 0.0249. The van der Waals surface area contributed by atoms with E-state index < -0.39 is 29.5 Å². The first-order chi connectivity index (χ1) is 54.0. The third-order valence-electron chi connectivity index (χ3n) is 18.3. The Balaban J connectivity index is 0.000000222. The largest absolute Gasteiger partial charge is 0.349 e. The van der Waals surface area contributed by atoms with Crippen LogP contribution in [0.2, 0.25) is 0 Å². The van der Waals surface area contributed by atoms with Crippen LogP contribution in [0.3, 0.4) is 0 Å². The number of benzene rings is 6. The molecule has 604 valence electrons. The van der Waals surface area contributed by atoms with Gasteiger partial charge in [0, 0.05) is 77.8 Å². The maximum Gasteiger partial charge on any atom is 0.319 e. The molecule has 5 unspecified atom stereocenters. The van der Waals surface area contributed by atoms with Gasteiger partial charge in [-0.05, 0) is 177 Å². The lowest BCUT2D eigenvalue weighted by Crippen LogP contribution is -2.37. The highest BCUT2D eigenvalue weighted by Gasteiger charge is 2.32. The molecule has 1 saturated carbocycles. The lowest BCUT2D eigenvalue weighted by molar-refractivity contribution is -0.125. The van der Waals surface area contributed by atoms with Crippen molar-refractivity contribution >= 4 is 64.9 Å². The SMILES string of the molecule is CC(C)(C)C(NC(=O)c1cnccn1)c1ccc(C(=O)NO)cc1.CC(NC(=O)C1CCCC1)c1ccc(C(=O)NO)cc1.Cc1cc(C(=O)NC(C)c2cccc(C(=O)NO)c2)nn1C.Cc1cccc(NC(=O)NC(C)c2ccc(C(=O)NO)cc2)c1.Cc1nn(C)cc1C(=O)NC(c1ccc(C(=O)NO)cc1)C(C)(C)C. The van der Waals surface area contributed by atoms with Crippen molar-refractivity contribution in [3.8, 4) is 0 Å². The van der Waals surface area contributed by atoms with E-state index in [0.29, 0.717) is 44.8 Å². The number of hydrogen-bond acceptors (Lipinski definition) is 19. The summed E-state index contributed by atoms with van der Waals surface area (Å²) in [5.41, 5.74) is 17.9. The van der Waals surface area contributed by atoms with Gasteiger partial charge in [0.25, 0.3) is 47.3 Å². The summed E-state index contributed by atoms with van der Waals surface area (Å²) in [4.78, 5) is 126. The number of nitrogens with one attached hydrogen (secondary N) is 11. The molecule has 11 amide bonds. The fourth-order valence-corrected chi connectivity index (χ4v) is 11.8. The summed E-state index contributed by atoms with van der Waals surface area (Å²) < 4.78 is 3.24. The molecule has 10 rings (SSSR count). The number of hydroxylamine groups is 5. The molecule has 0 saturated heterocycles. The van der Waals surface area contributed by atoms with E-state index in [4.69, 9.17) is 26.0 Å². The van der Waals surface area contributed by atoms with Crippen LogP contribution in [-0.2, 0) is 18.9 Å². The second-order valence-electron chi connectivity index (χ2n) is 29.1. The molecule has 0 spiro atoms. The molecule has 3 aromatic heterocycles. The fraction of sp³-hybridized carbons (Fsp3) is 0.317. The lowest BCUT2D eigenvalue weighted by atomic mass is 9.82. The van der Waals surface area contributed by atoms with Crippen LogP contribution in [0.15, 0.2) is 176 Å². The number of aryl methyl sites for hydroxylation is 5. The predicted octanol–water partition coefficient (Wildman–Crippen LogP) is 11.0. The Morgan fingerprint density at radius 1 is 0.439 bits per heavy atom. The molecule has 6 aromatic carbocycles. The van der Waals surface area contributed by atoms with Gasteiger partial charge in [-0.25, -0.2) is 37.2 Å². The van der Waals surface area contributed by atoms with E-state index in [1.54, 1.807) is 191 Å². The number of nitrogens with zero attached hydrogens (tertiary/aromatic N) is 6. The zero-order chi connectivity index (χ0) is 84.1. The van der Waals surface area contributed by atoms with Gasteiger partial charge in [-0.1, -0.05) is 127 Å². The van der Waals surface area contributed by atoms with Crippen molar-refractivity contribution in [3.63, 3.8) is 0 Å². The van der Waals surface area contributed by atoms with Crippen LogP contribution in [0.25, 0.3) is 0 Å². The Hall–Kier alpha value is -12.9. The van der Waals surface area contributed by atoms with Crippen molar-refractivity contribution in [1.82, 2.24) is 83.5 Å². The average Bonchev–Trinajstić information content (AvgIpc) is 0.920. The molecule has 16 N–H and O–H groups in total. The third kappa shape index (κ3) is 27.0. The van der Waals surface area contributed by atoms with Gasteiger partial charge in [0.1, 0.15) is 11.4 Å². The standard InChI is InChI=1S/C18H24N4O3.C17H20N4O3.C17H19N3O3.C15H18N4O3.C15H20N2O3/c1-11-14(10-22(5)20-11)17(24)19-15(18(2,3)4)12-6-8-13(9-7-12)16(23)21-25;1-17(2,3)14(20-16(23)13-10-18-8-9-19-13)11-4-6-12(7-5-11)15(22)21-24;1-11-4-3-5-15(10-11)19-17(22)18-12(2)13-6-8-14(9-7-13)16(21)20-23;1-9-7-13(17-19(9)3)15(21)16-10(2)11-5-4-6-12(8-11)14(20)18-22;1-10(16-14(18)12-4-2-3-5-12)11-6-8-13(9-7-11)15(19)17-20/h6-10,15,25H,1-5H3,(H,19,24)(H,21,23);4-10,14,24H,1-3H3,(H,20,23)(H,21,22);3-10,12,23H,1-2H3,(H,20,21)(H2,18,19,22);4-8,10,22H,1-3H3,(H,16,21)(H,18,20);6-10,12,20H,2-5H2,1H3,(H,16,18)(H,17,19). The number of anilines is 1. The molecule has 0 aliphatic heterocycles. The molecule has 1 aliphatic rings. The molecule has 9 aromatic rings. The average molecular weight is 1560 g/mol. The third-order valence-corrected chi connectivity index (χ3v) is 18.3. The first-order valence-electron chi connectivity index (χ1n) is 36.3. The molecule has 1 fully saturated rings. The van der Waals surface area contributed by atoms with Crippen molar-refractivity contribution in [2.45, 2.75) is 139 Å². The number of hydrogen-bond donors (Lipinski definition) is 16. The minimum absolute atomic E-state index is 0.0886. The van der Waals surface area contributed by atoms with E-state index >= 15 is 0 Å². The summed E-state index contributed by atoms with van der Waals surface area (Å²) in [6, 6.07) is 41.3. The van der Waals surface area contributed by atoms with Crippen molar-refractivity contribution in [3.05, 3.63) is 266 Å². The number of aromatic nitrogens is 6. The van der Waals surface area contributed by atoms with Crippen LogP contribution in [0, 0.1) is 37.5 Å². The summed E-state index contributed by atoms with van der Waals surface area (Å²) in [5.74, 6) is -3.40. The highest BCUT2D eigenvalue weighted by atomic mass is 16.5. The van der Waals surface area contributed by atoms with E-state index in [-0.39, 0.29) is 82.3 Å². The molecular formula is C82H101N17O15. The minimum Gasteiger partial charge on any atom is -0.349 e. The fourth-order valence-electron chi connectivity index (χ4n) is 11.8. The van der Waals surface area contributed by atoms with Gasteiger partial charge in [0.2, 0.25) is 5.91 Å². The lowest BCUT2D eigenvalue weighted by Gasteiger charge is -2.32. The topological polar surface area (TPSA) is 466 Å². The van der Waals surface area contributed by atoms with Gasteiger partial charge in [-0.2, -0.15) is 10.2 Å². The van der Waals surface area contributed by atoms with E-state index in [9.17, 15) is 47.9 Å². The van der Waals surface area contributed by atoms with Gasteiger partial charge in [-0.15, -0.1) is 0 Å². The maximum atomic E-state index is 12.7. The van der Waals surface area contributed by atoms with Crippen molar-refractivity contribution in [1.29, 1.82) is 0 Å². The first kappa shape index (κ1) is 90.0. The molecule has 5 atom stereocenters. The Kier molecular flexibility index (Phi) is 33.6. The Bertz CT molecular complexity index is 4730. The number of carbonyl (C=O) groups excluding carboxylic acids is 10. The first-order valence-corrected chi connectivity index (χ1v) is 36.3. The smallest absolute Gasteiger partial charge is 0.319 e. The molecule has 114 heavy (non-hydrogen) atoms. The highest BCUT2D eigenvalue weighted by molar-refractivity contribution is 5.98. The summed E-state index contributed by atoms with van der Waals surface area (Å²) >= 11 is 0. The number of rotatable bonds is 20. The highest BCUT2D eigenvalue weighted by Crippen LogP contribution is 2.35. The molecule has 3 heterocycles. The number of amides is 11. The molecule has 0 radical (unpaired) electrons. The van der Waals surface area contributed by atoms with E-state index in [0.717, 1.165) is 70.4 Å². The second-order valence-corrected chi connectivity index (χ2v) is 29.1. The van der Waals surface area contributed by atoms with Crippen LogP contribution in [0.1, 0.15) is 246 Å². The second kappa shape index (κ2) is 42.5. The van der Waals surface area contributed by atoms with Crippen molar-refractivity contribution < 1.29 is 74.0 Å². The Labute approximate surface area is 660 Å². The predicted molar refractivity (Wildman–Crippen MR) is 422 cm³/mol. The van der Waals surface area contributed by atoms with Crippen LogP contribution in [-0.4, -0.2) is 115 Å². The van der Waals surface area contributed by atoms with Gasteiger partial charge in [-0.3, -0.25) is 83.5 Å². The number of carbonyl (C=O) groups is 10. The Morgan fingerprint density at radius 2 is 0.868 bits per heavy atom. The zero-order valence-electron chi connectivity index (χ0n) is 66.0. The van der Waals surface area contributed by atoms with Crippen LogP contribution < -0.4 is 59.3 Å². The monoisotopic (exact) mass is 1560 g/mol. The summed E-state index contributed by atoms with van der Waals surface area (Å²) in [5, 5.41) is 69.0. The van der Waals surface area contributed by atoms with Crippen LogP contribution in [0.5, 0.6) is 0 Å². The molecule has 0 bridgehead atoms. The van der Waals surface area contributed by atoms with Crippen molar-refractivity contribution in [2.24, 2.45) is 30.8 Å². The summed E-state index contributed by atoms with van der Waals surface area (Å²) in [6.45, 7) is 23.3. The zero-order valence-corrected chi connectivity index (χ0v) is 66.0. The normalized spacial score (nSPS) is 12.9. The molecular weight excluding hydrogens is 1460 g/mol. The van der Waals surface area contributed by atoms with Gasteiger partial charge < -0.3 is 31.9 Å². The van der Waals surface area contributed by atoms with Crippen LogP contribution in [0.4, 0.5) is 10.5 Å². The molecule has 32 nitrogen and oxygen atoms in total. The molecule has 1 aliphatic carbocycles. The minimum atomic E-state index is -0.597. The maximum absolute atomic E-state index is 12.7. The van der Waals surface area contributed by atoms with Crippen LogP contribution >= 0.6 is 0 Å². The number of urea groups is 1. The van der Waals surface area contributed by atoms with E-state index in [1.807, 2.05) is 100 Å². The van der Waals surface area contributed by atoms with Crippen molar-refractivity contribution in [2.75, 3.05) is 5.32 Å². The summed E-state index contributed by atoms with van der Waals surface area (Å²) in [6.07, 6.45) is 10.3. The van der Waals surface area contributed by atoms with Gasteiger partial charge in [0.15, 0.2) is 0 Å². The van der Waals surface area contributed by atoms with E-state index in [2.05, 4.69) is 52.1 Å². The molecule has 32 heteroatoms. The van der Waals surface area contributed by atoms with E-state index in [1.165, 1.54) is 18.6 Å². The Morgan fingerprint density at radius 3 is 1.28 bits per heavy atom.